The molecule has 8 heteroatoms. The number of thiazole rings is 1. The molecular formula is C20H24N2O4S2. The molecule has 150 valence electrons. The fourth-order valence-corrected chi connectivity index (χ4v) is 5.01. The molecule has 28 heavy (non-hydrogen) atoms. The van der Waals surface area contributed by atoms with Crippen LogP contribution in [0.5, 0.6) is 5.75 Å². The Morgan fingerprint density at radius 2 is 1.96 bits per heavy atom. The Hall–Kier alpha value is -2.16. The maximum absolute atomic E-state index is 12.6. The minimum Gasteiger partial charge on any atom is -0.493 e. The van der Waals surface area contributed by atoms with Crippen LogP contribution in [0.3, 0.4) is 0 Å². The van der Waals surface area contributed by atoms with Gasteiger partial charge in [0, 0.05) is 13.6 Å². The van der Waals surface area contributed by atoms with E-state index in [2.05, 4.69) is 11.6 Å². The molecule has 0 fully saturated rings. The van der Waals surface area contributed by atoms with Crippen LogP contribution in [0.2, 0.25) is 0 Å². The van der Waals surface area contributed by atoms with E-state index in [-0.39, 0.29) is 9.77 Å². The van der Waals surface area contributed by atoms with Crippen molar-refractivity contribution in [2.45, 2.75) is 31.1 Å². The molecule has 0 amide bonds. The van der Waals surface area contributed by atoms with Crippen molar-refractivity contribution < 1.29 is 13.2 Å². The molecule has 0 atom stereocenters. The SMILES string of the molecule is CCCOc1ccccc1CCCNS(=O)(=O)c1ccc2c(c1)sc(=O)n2C. The number of benzene rings is 2. The molecule has 1 aromatic heterocycles. The summed E-state index contributed by atoms with van der Waals surface area (Å²) >= 11 is 1.04. The highest BCUT2D eigenvalue weighted by atomic mass is 32.2. The topological polar surface area (TPSA) is 77.4 Å². The lowest BCUT2D eigenvalue weighted by molar-refractivity contribution is 0.314. The second-order valence-corrected chi connectivity index (χ2v) is 9.27. The number of rotatable bonds is 9. The lowest BCUT2D eigenvalue weighted by Gasteiger charge is -2.11. The zero-order chi connectivity index (χ0) is 20.1. The number of nitrogens with one attached hydrogen (secondary N) is 1. The first-order valence-electron chi connectivity index (χ1n) is 9.22. The van der Waals surface area contributed by atoms with Crippen LogP contribution in [0.1, 0.15) is 25.3 Å². The van der Waals surface area contributed by atoms with Crippen molar-refractivity contribution in [3.05, 3.63) is 57.7 Å². The van der Waals surface area contributed by atoms with Gasteiger partial charge in [-0.3, -0.25) is 4.79 Å². The first-order chi connectivity index (χ1) is 13.4. The predicted octanol–water partition coefficient (Wildman–Crippen LogP) is 3.30. The molecule has 1 N–H and O–H groups in total. The third-order valence-corrected chi connectivity index (χ3v) is 6.88. The molecule has 2 aromatic carbocycles. The van der Waals surface area contributed by atoms with E-state index in [1.165, 1.54) is 10.6 Å². The van der Waals surface area contributed by atoms with Crippen molar-refractivity contribution in [2.24, 2.45) is 7.05 Å². The van der Waals surface area contributed by atoms with Crippen molar-refractivity contribution in [3.8, 4) is 5.75 Å². The standard InChI is InChI=1S/C20H24N2O4S2/c1-3-13-26-18-9-5-4-7-15(18)8-6-12-21-28(24,25)16-10-11-17-19(14-16)27-20(23)22(17)2/h4-5,7,9-11,14,21H,3,6,8,12-13H2,1-2H3. The number of nitrogens with zero attached hydrogens (tertiary/aromatic N) is 1. The second kappa shape index (κ2) is 8.89. The fourth-order valence-electron chi connectivity index (χ4n) is 2.91. The molecule has 1 heterocycles. The third kappa shape index (κ3) is 4.63. The molecule has 0 spiro atoms. The summed E-state index contributed by atoms with van der Waals surface area (Å²) in [6, 6.07) is 12.6. The number of fused-ring (bicyclic) bond motifs is 1. The van der Waals surface area contributed by atoms with Crippen LogP contribution in [0, 0.1) is 0 Å². The number of hydrogen-bond acceptors (Lipinski definition) is 5. The molecule has 0 unspecified atom stereocenters. The van der Waals surface area contributed by atoms with E-state index < -0.39 is 10.0 Å². The summed E-state index contributed by atoms with van der Waals surface area (Å²) in [7, 11) is -1.94. The number of hydrogen-bond donors (Lipinski definition) is 1. The molecular weight excluding hydrogens is 396 g/mol. The number of para-hydroxylation sites is 1. The Labute approximate surface area is 168 Å². The van der Waals surface area contributed by atoms with E-state index in [1.807, 2.05) is 24.3 Å². The summed E-state index contributed by atoms with van der Waals surface area (Å²) in [6.45, 7) is 3.05. The zero-order valence-corrected chi connectivity index (χ0v) is 17.6. The molecule has 0 aliphatic rings. The van der Waals surface area contributed by atoms with Gasteiger partial charge in [0.05, 0.1) is 21.7 Å². The Bertz CT molecular complexity index is 1120. The average molecular weight is 421 g/mol. The van der Waals surface area contributed by atoms with Crippen LogP contribution in [-0.2, 0) is 23.5 Å². The van der Waals surface area contributed by atoms with E-state index in [0.29, 0.717) is 24.3 Å². The molecule has 0 aliphatic heterocycles. The summed E-state index contributed by atoms with van der Waals surface area (Å²) in [5, 5.41) is 0. The molecule has 0 radical (unpaired) electrons. The average Bonchev–Trinajstić information content (AvgIpc) is 2.97. The van der Waals surface area contributed by atoms with Gasteiger partial charge in [-0.2, -0.15) is 0 Å². The van der Waals surface area contributed by atoms with Crippen LogP contribution < -0.4 is 14.3 Å². The van der Waals surface area contributed by atoms with Crippen LogP contribution >= 0.6 is 11.3 Å². The normalized spacial score (nSPS) is 11.8. The molecule has 0 saturated heterocycles. The largest absolute Gasteiger partial charge is 0.493 e. The highest BCUT2D eigenvalue weighted by Gasteiger charge is 2.16. The molecule has 0 aliphatic carbocycles. The molecule has 0 saturated carbocycles. The quantitative estimate of drug-likeness (QED) is 0.539. The Morgan fingerprint density at radius 3 is 2.75 bits per heavy atom. The van der Waals surface area contributed by atoms with E-state index in [9.17, 15) is 13.2 Å². The second-order valence-electron chi connectivity index (χ2n) is 6.51. The maximum atomic E-state index is 12.6. The zero-order valence-electron chi connectivity index (χ0n) is 16.0. The van der Waals surface area contributed by atoms with Crippen molar-refractivity contribution in [3.63, 3.8) is 0 Å². The van der Waals surface area contributed by atoms with Gasteiger partial charge in [0.15, 0.2) is 0 Å². The minimum atomic E-state index is -3.62. The Balaban J connectivity index is 1.62. The molecule has 6 nitrogen and oxygen atoms in total. The van der Waals surface area contributed by atoms with E-state index >= 15 is 0 Å². The van der Waals surface area contributed by atoms with Gasteiger partial charge in [0.1, 0.15) is 5.75 Å². The van der Waals surface area contributed by atoms with E-state index in [1.54, 1.807) is 19.2 Å². The molecule has 3 rings (SSSR count). The third-order valence-electron chi connectivity index (χ3n) is 4.42. The Morgan fingerprint density at radius 1 is 1.18 bits per heavy atom. The molecule has 3 aromatic rings. The van der Waals surface area contributed by atoms with Gasteiger partial charge in [0.2, 0.25) is 10.0 Å². The van der Waals surface area contributed by atoms with Crippen molar-refractivity contribution in [1.29, 1.82) is 0 Å². The smallest absolute Gasteiger partial charge is 0.307 e. The van der Waals surface area contributed by atoms with Gasteiger partial charge in [0.25, 0.3) is 0 Å². The monoisotopic (exact) mass is 420 g/mol. The fraction of sp³-hybridized carbons (Fsp3) is 0.350. The minimum absolute atomic E-state index is 0.110. The summed E-state index contributed by atoms with van der Waals surface area (Å²) in [6.07, 6.45) is 2.32. The first-order valence-corrected chi connectivity index (χ1v) is 11.5. The number of aromatic nitrogens is 1. The van der Waals surface area contributed by atoms with Gasteiger partial charge in [-0.25, -0.2) is 13.1 Å². The van der Waals surface area contributed by atoms with Crippen LogP contribution in [-0.4, -0.2) is 26.1 Å². The number of ether oxygens (including phenoxy) is 1. The van der Waals surface area contributed by atoms with E-state index in [0.717, 1.165) is 41.0 Å². The Kier molecular flexibility index (Phi) is 6.53. The lowest BCUT2D eigenvalue weighted by Crippen LogP contribution is -2.25. The maximum Gasteiger partial charge on any atom is 0.307 e. The van der Waals surface area contributed by atoms with Crippen molar-refractivity contribution in [1.82, 2.24) is 9.29 Å². The van der Waals surface area contributed by atoms with Crippen LogP contribution in [0.4, 0.5) is 0 Å². The summed E-state index contributed by atoms with van der Waals surface area (Å²) in [4.78, 5) is 11.8. The summed E-state index contributed by atoms with van der Waals surface area (Å²) in [5.41, 5.74) is 1.81. The highest BCUT2D eigenvalue weighted by Crippen LogP contribution is 2.22. The highest BCUT2D eigenvalue weighted by molar-refractivity contribution is 7.89. The number of sulfonamides is 1. The van der Waals surface area contributed by atoms with Crippen LogP contribution in [0.15, 0.2) is 52.2 Å². The van der Waals surface area contributed by atoms with Gasteiger partial charge in [-0.15, -0.1) is 0 Å². The summed E-state index contributed by atoms with van der Waals surface area (Å²) in [5.74, 6) is 0.858. The van der Waals surface area contributed by atoms with Gasteiger partial charge >= 0.3 is 4.87 Å². The predicted molar refractivity (Wildman–Crippen MR) is 113 cm³/mol. The van der Waals surface area contributed by atoms with E-state index in [4.69, 9.17) is 4.74 Å². The number of aryl methyl sites for hydroxylation is 2. The van der Waals surface area contributed by atoms with Crippen molar-refractivity contribution in [2.75, 3.05) is 13.2 Å². The van der Waals surface area contributed by atoms with Gasteiger partial charge in [-0.1, -0.05) is 36.5 Å². The van der Waals surface area contributed by atoms with Crippen LogP contribution in [0.25, 0.3) is 10.2 Å². The summed E-state index contributed by atoms with van der Waals surface area (Å²) < 4.78 is 35.7. The van der Waals surface area contributed by atoms with Gasteiger partial charge in [-0.05, 0) is 49.1 Å². The van der Waals surface area contributed by atoms with Gasteiger partial charge < -0.3 is 9.30 Å². The molecule has 0 bridgehead atoms. The first kappa shape index (κ1) is 20.6. The lowest BCUT2D eigenvalue weighted by atomic mass is 10.1. The van der Waals surface area contributed by atoms with Crippen molar-refractivity contribution >= 4 is 31.6 Å².